The van der Waals surface area contributed by atoms with Crippen LogP contribution in [-0.2, 0) is 13.2 Å². The Labute approximate surface area is 118 Å². The van der Waals surface area contributed by atoms with Gasteiger partial charge in [0.05, 0.1) is 0 Å². The number of rotatable bonds is 6. The number of hydrogen-bond acceptors (Lipinski definition) is 5. The molecule has 0 saturated heterocycles. The second-order valence-corrected chi connectivity index (χ2v) is 5.25. The predicted octanol–water partition coefficient (Wildman–Crippen LogP) is 2.55. The first-order valence-electron chi connectivity index (χ1n) is 6.95. The highest BCUT2D eigenvalue weighted by molar-refractivity contribution is 5.36. The van der Waals surface area contributed by atoms with E-state index in [2.05, 4.69) is 28.4 Å². The Morgan fingerprint density at radius 3 is 3.00 bits per heavy atom. The largest absolute Gasteiger partial charge is 0.483 e. The summed E-state index contributed by atoms with van der Waals surface area (Å²) in [6.07, 6.45) is 2.34. The third kappa shape index (κ3) is 2.99. The molecule has 20 heavy (non-hydrogen) atoms. The van der Waals surface area contributed by atoms with Crippen LogP contribution in [0.1, 0.15) is 41.6 Å². The van der Waals surface area contributed by atoms with Gasteiger partial charge in [-0.3, -0.25) is 0 Å². The van der Waals surface area contributed by atoms with Crippen molar-refractivity contribution in [2.45, 2.75) is 38.8 Å². The lowest BCUT2D eigenvalue weighted by atomic mass is 10.1. The molecule has 1 fully saturated rings. The maximum Gasteiger partial charge on any atom is 0.264 e. The maximum absolute atomic E-state index is 5.81. The molecule has 2 aromatic rings. The van der Waals surface area contributed by atoms with E-state index in [9.17, 15) is 0 Å². The van der Waals surface area contributed by atoms with Gasteiger partial charge < -0.3 is 14.6 Å². The van der Waals surface area contributed by atoms with E-state index in [0.717, 1.165) is 23.7 Å². The van der Waals surface area contributed by atoms with E-state index < -0.39 is 0 Å². The highest BCUT2D eigenvalue weighted by atomic mass is 16.5. The molecule has 5 nitrogen and oxygen atoms in total. The summed E-state index contributed by atoms with van der Waals surface area (Å²) in [5.41, 5.74) is 2.35. The molecule has 0 bridgehead atoms. The van der Waals surface area contributed by atoms with Gasteiger partial charge in [-0.2, -0.15) is 4.98 Å². The predicted molar refractivity (Wildman–Crippen MR) is 74.5 cm³/mol. The molecule has 1 aromatic carbocycles. The van der Waals surface area contributed by atoms with Gasteiger partial charge in [0.1, 0.15) is 5.75 Å². The minimum absolute atomic E-state index is 0.319. The highest BCUT2D eigenvalue weighted by Gasteiger charge is 2.28. The fourth-order valence-electron chi connectivity index (χ4n) is 2.15. The summed E-state index contributed by atoms with van der Waals surface area (Å²) in [4.78, 5) is 4.36. The normalized spacial score (nSPS) is 14.5. The van der Waals surface area contributed by atoms with Crippen molar-refractivity contribution in [3.63, 3.8) is 0 Å². The minimum atomic E-state index is 0.319. The van der Waals surface area contributed by atoms with E-state index in [1.807, 2.05) is 19.2 Å². The zero-order valence-corrected chi connectivity index (χ0v) is 11.8. The summed E-state index contributed by atoms with van der Waals surface area (Å²) in [6, 6.07) is 6.15. The molecule has 5 heteroatoms. The summed E-state index contributed by atoms with van der Waals surface area (Å²) in [7, 11) is 1.92. The molecule has 0 unspecified atom stereocenters. The van der Waals surface area contributed by atoms with Crippen LogP contribution in [0.4, 0.5) is 0 Å². The van der Waals surface area contributed by atoms with Gasteiger partial charge in [0, 0.05) is 18.0 Å². The number of benzene rings is 1. The molecule has 106 valence electrons. The lowest BCUT2D eigenvalue weighted by Gasteiger charge is -2.10. The molecule has 1 aromatic heterocycles. The number of nitrogens with zero attached hydrogens (tertiary/aromatic N) is 2. The zero-order valence-electron chi connectivity index (χ0n) is 11.8. The summed E-state index contributed by atoms with van der Waals surface area (Å²) < 4.78 is 11.0. The van der Waals surface area contributed by atoms with E-state index in [0.29, 0.717) is 18.4 Å². The zero-order chi connectivity index (χ0) is 13.9. The van der Waals surface area contributed by atoms with Crippen molar-refractivity contribution in [2.75, 3.05) is 7.05 Å². The fraction of sp³-hybridized carbons (Fsp3) is 0.467. The molecule has 0 radical (unpaired) electrons. The van der Waals surface area contributed by atoms with Crippen LogP contribution < -0.4 is 10.1 Å². The van der Waals surface area contributed by atoms with Crippen LogP contribution in [-0.4, -0.2) is 17.2 Å². The highest BCUT2D eigenvalue weighted by Crippen LogP contribution is 2.38. The van der Waals surface area contributed by atoms with Crippen molar-refractivity contribution >= 4 is 0 Å². The van der Waals surface area contributed by atoms with Crippen LogP contribution >= 0.6 is 0 Å². The van der Waals surface area contributed by atoms with E-state index in [1.165, 1.54) is 18.4 Å². The standard InChI is InChI=1S/C15H19N3O2/c1-10-3-6-13(12(7-10)8-16-2)19-9-14-17-15(18-20-14)11-4-5-11/h3,6-7,11,16H,4-5,8-9H2,1-2H3. The Hall–Kier alpha value is -1.88. The number of aryl methyl sites for hydroxylation is 1. The van der Waals surface area contributed by atoms with Gasteiger partial charge in [0.25, 0.3) is 5.89 Å². The molecule has 0 aliphatic heterocycles. The van der Waals surface area contributed by atoms with E-state index in [1.54, 1.807) is 0 Å². The Balaban J connectivity index is 1.67. The monoisotopic (exact) mass is 273 g/mol. The van der Waals surface area contributed by atoms with Crippen molar-refractivity contribution in [1.29, 1.82) is 0 Å². The first kappa shape index (κ1) is 13.1. The van der Waals surface area contributed by atoms with Crippen molar-refractivity contribution < 1.29 is 9.26 Å². The summed E-state index contributed by atoms with van der Waals surface area (Å²) in [5.74, 6) is 2.73. The maximum atomic E-state index is 5.81. The lowest BCUT2D eigenvalue weighted by molar-refractivity contribution is 0.240. The van der Waals surface area contributed by atoms with Gasteiger partial charge in [0.2, 0.25) is 0 Å². The summed E-state index contributed by atoms with van der Waals surface area (Å²) in [5, 5.41) is 7.13. The van der Waals surface area contributed by atoms with Gasteiger partial charge in [-0.15, -0.1) is 0 Å². The van der Waals surface area contributed by atoms with Crippen LogP contribution in [0.3, 0.4) is 0 Å². The van der Waals surface area contributed by atoms with Crippen LogP contribution in [0.15, 0.2) is 22.7 Å². The molecule has 1 N–H and O–H groups in total. The van der Waals surface area contributed by atoms with E-state index in [-0.39, 0.29) is 0 Å². The molecule has 0 atom stereocenters. The number of hydrogen-bond donors (Lipinski definition) is 1. The molecular formula is C15H19N3O2. The van der Waals surface area contributed by atoms with Crippen LogP contribution in [0, 0.1) is 6.92 Å². The third-order valence-corrected chi connectivity index (χ3v) is 3.36. The molecular weight excluding hydrogens is 254 g/mol. The fourth-order valence-corrected chi connectivity index (χ4v) is 2.15. The van der Waals surface area contributed by atoms with Crippen molar-refractivity contribution in [2.24, 2.45) is 0 Å². The minimum Gasteiger partial charge on any atom is -0.483 e. The number of nitrogens with one attached hydrogen (secondary N) is 1. The third-order valence-electron chi connectivity index (χ3n) is 3.36. The number of aromatic nitrogens is 2. The average molecular weight is 273 g/mol. The first-order valence-corrected chi connectivity index (χ1v) is 6.95. The van der Waals surface area contributed by atoms with Gasteiger partial charge >= 0.3 is 0 Å². The smallest absolute Gasteiger partial charge is 0.264 e. The second-order valence-electron chi connectivity index (χ2n) is 5.25. The van der Waals surface area contributed by atoms with Crippen LogP contribution in [0.25, 0.3) is 0 Å². The van der Waals surface area contributed by atoms with Crippen molar-refractivity contribution in [1.82, 2.24) is 15.5 Å². The average Bonchev–Trinajstić information content (AvgIpc) is 3.18. The Bertz CT molecular complexity index is 591. The summed E-state index contributed by atoms with van der Waals surface area (Å²) >= 11 is 0. The van der Waals surface area contributed by atoms with E-state index >= 15 is 0 Å². The molecule has 3 rings (SSSR count). The second kappa shape index (κ2) is 5.63. The first-order chi connectivity index (χ1) is 9.76. The molecule has 1 aliphatic carbocycles. The topological polar surface area (TPSA) is 60.2 Å². The van der Waals surface area contributed by atoms with Crippen molar-refractivity contribution in [3.05, 3.63) is 41.0 Å². The molecule has 1 saturated carbocycles. The van der Waals surface area contributed by atoms with Gasteiger partial charge in [-0.1, -0.05) is 22.9 Å². The van der Waals surface area contributed by atoms with Crippen LogP contribution in [0.2, 0.25) is 0 Å². The Morgan fingerprint density at radius 2 is 2.25 bits per heavy atom. The number of ether oxygens (including phenoxy) is 1. The summed E-state index contributed by atoms with van der Waals surface area (Å²) in [6.45, 7) is 3.16. The van der Waals surface area contributed by atoms with Gasteiger partial charge in [0.15, 0.2) is 12.4 Å². The van der Waals surface area contributed by atoms with Crippen molar-refractivity contribution in [3.8, 4) is 5.75 Å². The Morgan fingerprint density at radius 1 is 1.40 bits per heavy atom. The molecule has 0 spiro atoms. The van der Waals surface area contributed by atoms with Gasteiger partial charge in [-0.25, -0.2) is 0 Å². The molecule has 1 aliphatic rings. The Kier molecular flexibility index (Phi) is 3.69. The lowest BCUT2D eigenvalue weighted by Crippen LogP contribution is -2.08. The molecule has 0 amide bonds. The van der Waals surface area contributed by atoms with Crippen LogP contribution in [0.5, 0.6) is 5.75 Å². The SMILES string of the molecule is CNCc1cc(C)ccc1OCc1nc(C2CC2)no1. The van der Waals surface area contributed by atoms with Gasteiger partial charge in [-0.05, 0) is 32.9 Å². The molecule has 1 heterocycles. The quantitative estimate of drug-likeness (QED) is 0.876. The van der Waals surface area contributed by atoms with E-state index in [4.69, 9.17) is 9.26 Å².